The molecule has 1 aromatic rings. The van der Waals surface area contributed by atoms with Crippen molar-refractivity contribution in [3.05, 3.63) is 22.7 Å². The molecule has 3 nitrogen and oxygen atoms in total. The number of benzene rings is 1. The molecule has 1 unspecified atom stereocenters. The van der Waals surface area contributed by atoms with Crippen LogP contribution in [0.15, 0.2) is 12.1 Å². The number of ether oxygens (including phenoxy) is 2. The van der Waals surface area contributed by atoms with Gasteiger partial charge in [-0.05, 0) is 36.4 Å². The van der Waals surface area contributed by atoms with Crippen LogP contribution >= 0.6 is 11.6 Å². The van der Waals surface area contributed by atoms with Crippen LogP contribution in [0.5, 0.6) is 5.75 Å². The van der Waals surface area contributed by atoms with Crippen LogP contribution in [0.1, 0.15) is 38.7 Å². The molecule has 134 valence electrons. The van der Waals surface area contributed by atoms with Gasteiger partial charge in [0.1, 0.15) is 13.6 Å². The number of hydrogen-bond acceptors (Lipinski definition) is 3. The average molecular weight is 365 g/mol. The zero-order valence-electron chi connectivity index (χ0n) is 14.2. The number of carbonyl (C=O) groups excluding carboxylic acids is 1. The summed E-state index contributed by atoms with van der Waals surface area (Å²) < 4.78 is 46.8. The normalized spacial score (nSPS) is 13.0. The van der Waals surface area contributed by atoms with Crippen molar-refractivity contribution in [3.8, 4) is 5.75 Å². The Bertz CT molecular complexity index is 553. The Morgan fingerprint density at radius 1 is 1.33 bits per heavy atom. The first-order valence-electron chi connectivity index (χ1n) is 7.71. The molecule has 1 atom stereocenters. The molecule has 0 heterocycles. The number of carbonyl (C=O) groups is 1. The lowest BCUT2D eigenvalue weighted by atomic mass is 9.85. The fourth-order valence-electron chi connectivity index (χ4n) is 2.38. The summed E-state index contributed by atoms with van der Waals surface area (Å²) in [5.41, 5.74) is 1.06. The summed E-state index contributed by atoms with van der Waals surface area (Å²) >= 11 is 6.08. The number of rotatable bonds is 7. The van der Waals surface area contributed by atoms with E-state index in [-0.39, 0.29) is 29.3 Å². The minimum atomic E-state index is -4.44. The monoisotopic (exact) mass is 364 g/mol. The predicted molar refractivity (Wildman–Crippen MR) is 90.0 cm³/mol. The number of halogens is 4. The van der Waals surface area contributed by atoms with E-state index in [1.807, 2.05) is 13.8 Å². The van der Waals surface area contributed by atoms with E-state index in [2.05, 4.69) is 0 Å². The van der Waals surface area contributed by atoms with E-state index >= 15 is 0 Å². The first kappa shape index (κ1) is 20.7. The molecule has 0 saturated carbocycles. The summed E-state index contributed by atoms with van der Waals surface area (Å²) in [5.74, 6) is -0.673. The summed E-state index contributed by atoms with van der Waals surface area (Å²) in [5, 5.41) is 0.0484. The highest BCUT2D eigenvalue weighted by Gasteiger charge is 2.30. The van der Waals surface area contributed by atoms with Gasteiger partial charge in [0.2, 0.25) is 0 Å². The Kier molecular flexibility index (Phi) is 7.45. The van der Waals surface area contributed by atoms with Crippen LogP contribution in [0, 0.1) is 5.92 Å². The Hall–Kier alpha value is -1.37. The molecule has 0 aliphatic heterocycles. The van der Waals surface area contributed by atoms with E-state index in [1.54, 1.807) is 20.8 Å². The van der Waals surface area contributed by atoms with Crippen molar-refractivity contribution in [1.29, 1.82) is 0 Å². The predicted octanol–water partition coefficient (Wildman–Crippen LogP) is 3.23. The SMILES string of the molecule is Bc1cc(C(CC(C)C)C(=O)OCC)cc(Cl)c1OCC(F)(F)F. The molecule has 0 radical (unpaired) electrons. The Morgan fingerprint density at radius 2 is 1.96 bits per heavy atom. The molecule has 0 amide bonds. The lowest BCUT2D eigenvalue weighted by Gasteiger charge is -2.20. The molecule has 0 aliphatic rings. The summed E-state index contributed by atoms with van der Waals surface area (Å²) in [4.78, 5) is 12.2. The first-order valence-corrected chi connectivity index (χ1v) is 8.09. The third-order valence-corrected chi connectivity index (χ3v) is 3.59. The van der Waals surface area contributed by atoms with Gasteiger partial charge in [-0.25, -0.2) is 0 Å². The zero-order valence-corrected chi connectivity index (χ0v) is 14.9. The van der Waals surface area contributed by atoms with Gasteiger partial charge < -0.3 is 9.47 Å². The van der Waals surface area contributed by atoms with E-state index in [0.29, 0.717) is 17.4 Å². The third kappa shape index (κ3) is 6.26. The van der Waals surface area contributed by atoms with Gasteiger partial charge in [-0.2, -0.15) is 13.2 Å². The van der Waals surface area contributed by atoms with Gasteiger partial charge in [0, 0.05) is 0 Å². The molecule has 1 rings (SSSR count). The molecule has 0 saturated heterocycles. The second-order valence-electron chi connectivity index (χ2n) is 5.99. The molecule has 1 aromatic carbocycles. The summed E-state index contributed by atoms with van der Waals surface area (Å²) in [6.07, 6.45) is -3.89. The molecular formula is C16H21BClF3O3. The van der Waals surface area contributed by atoms with Crippen LogP contribution < -0.4 is 10.2 Å². The molecule has 0 N–H and O–H groups in total. The van der Waals surface area contributed by atoms with Gasteiger partial charge in [-0.3, -0.25) is 4.79 Å². The first-order chi connectivity index (χ1) is 11.0. The van der Waals surface area contributed by atoms with Gasteiger partial charge in [0.25, 0.3) is 0 Å². The lowest BCUT2D eigenvalue weighted by molar-refractivity contribution is -0.153. The molecule has 0 spiro atoms. The van der Waals surface area contributed by atoms with Gasteiger partial charge in [0.15, 0.2) is 6.61 Å². The van der Waals surface area contributed by atoms with E-state index in [0.717, 1.165) is 0 Å². The number of hydrogen-bond donors (Lipinski definition) is 0. The second-order valence-corrected chi connectivity index (χ2v) is 6.39. The Labute approximate surface area is 145 Å². The smallest absolute Gasteiger partial charge is 0.422 e. The zero-order chi connectivity index (χ0) is 18.5. The summed E-state index contributed by atoms with van der Waals surface area (Å²) in [6.45, 7) is 4.51. The van der Waals surface area contributed by atoms with Crippen molar-refractivity contribution >= 4 is 30.9 Å². The van der Waals surface area contributed by atoms with Crippen molar-refractivity contribution in [2.75, 3.05) is 13.2 Å². The van der Waals surface area contributed by atoms with Crippen LogP contribution in [0.25, 0.3) is 0 Å². The maximum atomic E-state index is 12.3. The molecule has 0 aromatic heterocycles. The van der Waals surface area contributed by atoms with Crippen LogP contribution in [0.2, 0.25) is 5.02 Å². The Morgan fingerprint density at radius 3 is 2.42 bits per heavy atom. The van der Waals surface area contributed by atoms with Gasteiger partial charge in [-0.15, -0.1) is 0 Å². The maximum Gasteiger partial charge on any atom is 0.422 e. The topological polar surface area (TPSA) is 35.5 Å². The van der Waals surface area contributed by atoms with E-state index in [1.165, 1.54) is 6.07 Å². The Balaban J connectivity index is 3.12. The van der Waals surface area contributed by atoms with Crippen molar-refractivity contribution < 1.29 is 27.4 Å². The van der Waals surface area contributed by atoms with Crippen LogP contribution in [0.4, 0.5) is 13.2 Å². The fraction of sp³-hybridized carbons (Fsp3) is 0.562. The molecule has 8 heteroatoms. The minimum absolute atomic E-state index is 0.0232. The van der Waals surface area contributed by atoms with Gasteiger partial charge in [0.05, 0.1) is 17.5 Å². The maximum absolute atomic E-state index is 12.3. The average Bonchev–Trinajstić information content (AvgIpc) is 2.42. The van der Waals surface area contributed by atoms with Gasteiger partial charge in [-0.1, -0.05) is 31.5 Å². The second kappa shape index (κ2) is 8.65. The van der Waals surface area contributed by atoms with Crippen LogP contribution in [-0.4, -0.2) is 33.2 Å². The highest BCUT2D eigenvalue weighted by Crippen LogP contribution is 2.31. The van der Waals surface area contributed by atoms with Crippen molar-refractivity contribution in [2.45, 2.75) is 39.3 Å². The minimum Gasteiger partial charge on any atom is -0.483 e. The van der Waals surface area contributed by atoms with E-state index in [9.17, 15) is 18.0 Å². The lowest BCUT2D eigenvalue weighted by Crippen LogP contribution is -2.24. The van der Waals surface area contributed by atoms with Gasteiger partial charge >= 0.3 is 12.1 Å². The molecule has 24 heavy (non-hydrogen) atoms. The quantitative estimate of drug-likeness (QED) is 0.550. The molecule has 0 aliphatic carbocycles. The van der Waals surface area contributed by atoms with Crippen LogP contribution in [-0.2, 0) is 9.53 Å². The molecular weight excluding hydrogens is 343 g/mol. The van der Waals surface area contributed by atoms with E-state index < -0.39 is 18.7 Å². The molecule has 0 bridgehead atoms. The van der Waals surface area contributed by atoms with Crippen molar-refractivity contribution in [3.63, 3.8) is 0 Å². The standard InChI is InChI=1S/C16H21BClF3O3/c1-4-23-15(22)11(5-9(2)3)10-6-12(17)14(13(18)7-10)24-8-16(19,20)21/h6-7,9,11H,4-5,8,17H2,1-3H3. The third-order valence-electron chi connectivity index (χ3n) is 3.31. The summed E-state index contributed by atoms with van der Waals surface area (Å²) in [6, 6.07) is 3.10. The number of esters is 1. The van der Waals surface area contributed by atoms with Crippen LogP contribution in [0.3, 0.4) is 0 Å². The summed E-state index contributed by atoms with van der Waals surface area (Å²) in [7, 11) is 1.60. The highest BCUT2D eigenvalue weighted by atomic mass is 35.5. The largest absolute Gasteiger partial charge is 0.483 e. The van der Waals surface area contributed by atoms with E-state index in [4.69, 9.17) is 21.1 Å². The fourth-order valence-corrected chi connectivity index (χ4v) is 2.71. The highest BCUT2D eigenvalue weighted by molar-refractivity contribution is 6.39. The van der Waals surface area contributed by atoms with Crippen molar-refractivity contribution in [1.82, 2.24) is 0 Å². The number of alkyl halides is 3. The van der Waals surface area contributed by atoms with Crippen molar-refractivity contribution in [2.24, 2.45) is 5.92 Å². The molecule has 0 fully saturated rings.